The zero-order chi connectivity index (χ0) is 24.2. The predicted octanol–water partition coefficient (Wildman–Crippen LogP) is 3.69. The minimum atomic E-state index is -0.835. The molecule has 0 aliphatic heterocycles. The number of aromatic hydroxyl groups is 1. The van der Waals surface area contributed by atoms with Crippen LogP contribution in [-0.4, -0.2) is 47.0 Å². The first-order valence-corrected chi connectivity index (χ1v) is 12.2. The zero-order valence-corrected chi connectivity index (χ0v) is 20.1. The molecule has 0 heterocycles. The quantitative estimate of drug-likeness (QED) is 0.435. The van der Waals surface area contributed by atoms with Crippen LogP contribution in [-0.2, 0) is 27.4 Å². The summed E-state index contributed by atoms with van der Waals surface area (Å²) in [6.45, 7) is 3.99. The van der Waals surface area contributed by atoms with Crippen LogP contribution in [0.25, 0.3) is 0 Å². The van der Waals surface area contributed by atoms with Crippen LogP contribution in [0.3, 0.4) is 0 Å². The van der Waals surface area contributed by atoms with Gasteiger partial charge in [0.05, 0.1) is 11.8 Å². The van der Waals surface area contributed by atoms with Gasteiger partial charge in [0, 0.05) is 0 Å². The van der Waals surface area contributed by atoms with Crippen LogP contribution in [0, 0.1) is 5.92 Å². The Bertz CT molecular complexity index is 903. The fraction of sp³-hybridized carbons (Fsp3) is 0.400. The largest absolute Gasteiger partial charge is 0.508 e. The highest BCUT2D eigenvalue weighted by Gasteiger charge is 2.27. The average Bonchev–Trinajstić information content (AvgIpc) is 2.78. The van der Waals surface area contributed by atoms with E-state index in [0.717, 1.165) is 11.1 Å². The summed E-state index contributed by atoms with van der Waals surface area (Å²) in [5, 5.41) is 15.0. The Hall–Kier alpha value is -3.00. The number of benzene rings is 2. The van der Waals surface area contributed by atoms with Crippen LogP contribution in [0.1, 0.15) is 31.4 Å². The van der Waals surface area contributed by atoms with Crippen molar-refractivity contribution in [3.05, 3.63) is 65.7 Å². The van der Waals surface area contributed by atoms with Crippen molar-refractivity contribution in [1.29, 1.82) is 0 Å². The minimum Gasteiger partial charge on any atom is -0.508 e. The van der Waals surface area contributed by atoms with Crippen molar-refractivity contribution in [2.45, 2.75) is 45.4 Å². The van der Waals surface area contributed by atoms with Crippen LogP contribution in [0.2, 0.25) is 0 Å². The molecule has 0 spiro atoms. The fourth-order valence-electron chi connectivity index (χ4n) is 3.24. The van der Waals surface area contributed by atoms with E-state index in [4.69, 9.17) is 4.74 Å². The Morgan fingerprint density at radius 2 is 1.61 bits per heavy atom. The molecule has 178 valence electrons. The smallest absolute Gasteiger partial charge is 0.408 e. The van der Waals surface area contributed by atoms with Crippen LogP contribution in [0.5, 0.6) is 5.75 Å². The van der Waals surface area contributed by atoms with Gasteiger partial charge in [-0.05, 0) is 48.3 Å². The van der Waals surface area contributed by atoms with Gasteiger partial charge in [0.1, 0.15) is 18.4 Å². The number of rotatable bonds is 12. The molecule has 0 aliphatic rings. The normalized spacial score (nSPS) is 12.6. The second kappa shape index (κ2) is 13.5. The van der Waals surface area contributed by atoms with E-state index >= 15 is 0 Å². The maximum Gasteiger partial charge on any atom is 0.408 e. The van der Waals surface area contributed by atoms with Gasteiger partial charge in [-0.25, -0.2) is 4.79 Å². The number of alkyl carbamates (subject to hydrolysis) is 1. The van der Waals surface area contributed by atoms with Crippen molar-refractivity contribution in [2.24, 2.45) is 5.92 Å². The number of carbonyl (C=O) groups excluding carboxylic acids is 3. The number of phenols is 1. The number of amides is 2. The van der Waals surface area contributed by atoms with Crippen molar-refractivity contribution >= 4 is 29.5 Å². The van der Waals surface area contributed by atoms with Crippen molar-refractivity contribution in [3.8, 4) is 5.75 Å². The molecule has 0 fully saturated rings. The number of thioether (sulfide) groups is 1. The highest BCUT2D eigenvalue weighted by molar-refractivity contribution is 7.99. The lowest BCUT2D eigenvalue weighted by molar-refractivity contribution is -0.128. The molecule has 2 aromatic carbocycles. The summed E-state index contributed by atoms with van der Waals surface area (Å²) in [5.41, 5.74) is 1.65. The third-order valence-electron chi connectivity index (χ3n) is 4.90. The van der Waals surface area contributed by atoms with E-state index in [1.54, 1.807) is 24.3 Å². The molecule has 7 nitrogen and oxygen atoms in total. The molecular formula is C25H32N2O5S. The van der Waals surface area contributed by atoms with Crippen LogP contribution < -0.4 is 10.6 Å². The molecule has 0 bridgehead atoms. The molecule has 2 aromatic rings. The minimum absolute atomic E-state index is 0.0956. The van der Waals surface area contributed by atoms with Crippen LogP contribution in [0.4, 0.5) is 4.79 Å². The summed E-state index contributed by atoms with van der Waals surface area (Å²) in [7, 11) is 0. The van der Waals surface area contributed by atoms with Crippen molar-refractivity contribution in [3.63, 3.8) is 0 Å². The molecule has 3 N–H and O–H groups in total. The number of Topliss-reactive ketones (excluding diaryl/α,β-unsaturated/α-hetero) is 1. The van der Waals surface area contributed by atoms with Gasteiger partial charge in [0.15, 0.2) is 5.78 Å². The second-order valence-electron chi connectivity index (χ2n) is 8.22. The van der Waals surface area contributed by atoms with E-state index in [1.807, 2.05) is 50.4 Å². The Labute approximate surface area is 199 Å². The number of carbonyl (C=O) groups is 3. The molecule has 33 heavy (non-hydrogen) atoms. The molecular weight excluding hydrogens is 440 g/mol. The highest BCUT2D eigenvalue weighted by atomic mass is 32.2. The fourth-order valence-corrected chi connectivity index (χ4v) is 3.72. The Balaban J connectivity index is 2.05. The standard InChI is InChI=1S/C25H32N2O5S/c1-17(2)13-22(27-25(31)32-15-19-7-5-4-6-8-19)24(30)26-21(23(29)16-33-3)14-18-9-11-20(28)12-10-18/h4-12,17,21-22,28H,13-16H2,1-3H3,(H,26,30)(H,27,31)/t21-,22-/m0/s1. The van der Waals surface area contributed by atoms with E-state index in [-0.39, 0.29) is 36.2 Å². The first-order valence-electron chi connectivity index (χ1n) is 10.9. The Morgan fingerprint density at radius 1 is 0.939 bits per heavy atom. The molecule has 0 saturated carbocycles. The maximum absolute atomic E-state index is 13.1. The highest BCUT2D eigenvalue weighted by Crippen LogP contribution is 2.13. The summed E-state index contributed by atoms with van der Waals surface area (Å²) in [4.78, 5) is 38.1. The summed E-state index contributed by atoms with van der Waals surface area (Å²) in [6, 6.07) is 14.2. The first kappa shape index (κ1) is 26.3. The number of hydrogen-bond acceptors (Lipinski definition) is 6. The molecule has 0 unspecified atom stereocenters. The van der Waals surface area contributed by atoms with Crippen LogP contribution >= 0.6 is 11.8 Å². The molecule has 0 aliphatic carbocycles. The predicted molar refractivity (Wildman–Crippen MR) is 130 cm³/mol. The van der Waals surface area contributed by atoms with E-state index in [9.17, 15) is 19.5 Å². The number of nitrogens with one attached hydrogen (secondary N) is 2. The molecule has 0 aromatic heterocycles. The average molecular weight is 473 g/mol. The van der Waals surface area contributed by atoms with Gasteiger partial charge in [0.25, 0.3) is 0 Å². The summed E-state index contributed by atoms with van der Waals surface area (Å²) in [5.74, 6) is -0.0279. The van der Waals surface area contributed by atoms with Crippen molar-refractivity contribution in [1.82, 2.24) is 10.6 Å². The maximum atomic E-state index is 13.1. The first-order chi connectivity index (χ1) is 15.8. The Kier molecular flexibility index (Phi) is 10.8. The molecule has 8 heteroatoms. The van der Waals surface area contributed by atoms with Crippen molar-refractivity contribution in [2.75, 3.05) is 12.0 Å². The third-order valence-corrected chi connectivity index (χ3v) is 5.47. The summed E-state index contributed by atoms with van der Waals surface area (Å²) >= 11 is 1.38. The molecule has 0 saturated heterocycles. The van der Waals surface area contributed by atoms with Crippen molar-refractivity contribution < 1.29 is 24.2 Å². The molecule has 2 atom stereocenters. The topological polar surface area (TPSA) is 105 Å². The molecule has 2 rings (SSSR count). The number of ether oxygens (including phenoxy) is 1. The summed E-state index contributed by atoms with van der Waals surface area (Å²) < 4.78 is 5.26. The lowest BCUT2D eigenvalue weighted by Gasteiger charge is -2.24. The zero-order valence-electron chi connectivity index (χ0n) is 19.2. The molecule has 0 radical (unpaired) electrons. The Morgan fingerprint density at radius 3 is 2.21 bits per heavy atom. The number of phenolic OH excluding ortho intramolecular Hbond substituents is 1. The van der Waals surface area contributed by atoms with Gasteiger partial charge in [-0.3, -0.25) is 9.59 Å². The second-order valence-corrected chi connectivity index (χ2v) is 9.09. The van der Waals surface area contributed by atoms with Gasteiger partial charge >= 0.3 is 6.09 Å². The number of hydrogen-bond donors (Lipinski definition) is 3. The third kappa shape index (κ3) is 9.57. The SMILES string of the molecule is CSCC(=O)[C@H](Cc1ccc(O)cc1)NC(=O)[C@H](CC(C)C)NC(=O)OCc1ccccc1. The van der Waals surface area contributed by atoms with Gasteiger partial charge in [0.2, 0.25) is 5.91 Å². The lowest BCUT2D eigenvalue weighted by Crippen LogP contribution is -2.53. The van der Waals surface area contributed by atoms with Crippen LogP contribution in [0.15, 0.2) is 54.6 Å². The number of ketones is 1. The van der Waals surface area contributed by atoms with E-state index in [0.29, 0.717) is 6.42 Å². The molecule has 2 amide bonds. The summed E-state index contributed by atoms with van der Waals surface area (Å²) in [6.07, 6.45) is 1.82. The van der Waals surface area contributed by atoms with Gasteiger partial charge in [-0.2, -0.15) is 11.8 Å². The van der Waals surface area contributed by atoms with E-state index in [1.165, 1.54) is 11.8 Å². The monoisotopic (exact) mass is 472 g/mol. The van der Waals surface area contributed by atoms with E-state index < -0.39 is 24.1 Å². The van der Waals surface area contributed by atoms with Gasteiger partial charge in [-0.15, -0.1) is 0 Å². The van der Waals surface area contributed by atoms with Gasteiger partial charge in [-0.1, -0.05) is 56.3 Å². The lowest BCUT2D eigenvalue weighted by atomic mass is 10.00. The van der Waals surface area contributed by atoms with Gasteiger partial charge < -0.3 is 20.5 Å². The van der Waals surface area contributed by atoms with E-state index in [2.05, 4.69) is 10.6 Å².